The maximum Gasteiger partial charge on any atom is 0.252 e. The molecular weight excluding hydrogens is 290 g/mol. The molecule has 0 amide bonds. The van der Waals surface area contributed by atoms with Crippen molar-refractivity contribution < 1.29 is 0 Å². The maximum atomic E-state index is 11.5. The Labute approximate surface area is 127 Å². The Hall–Kier alpha value is -2.34. The van der Waals surface area contributed by atoms with Crippen LogP contribution in [0.3, 0.4) is 0 Å². The van der Waals surface area contributed by atoms with Crippen LogP contribution >= 0.6 is 11.6 Å². The van der Waals surface area contributed by atoms with Gasteiger partial charge in [-0.05, 0) is 30.7 Å². The van der Waals surface area contributed by atoms with Crippen molar-refractivity contribution in [1.82, 2.24) is 9.97 Å². The lowest BCUT2D eigenvalue weighted by molar-refractivity contribution is 0.866. The lowest BCUT2D eigenvalue weighted by atomic mass is 10.2. The smallest absolute Gasteiger partial charge is 0.252 e. The summed E-state index contributed by atoms with van der Waals surface area (Å²) in [5.74, 6) is 0.319. The summed E-state index contributed by atoms with van der Waals surface area (Å²) in [4.78, 5) is 22.4. The second-order valence-electron chi connectivity index (χ2n) is 4.44. The molecule has 0 bridgehead atoms. The van der Waals surface area contributed by atoms with Crippen LogP contribution < -0.4 is 16.6 Å². The number of halogens is 1. The Kier molecular flexibility index (Phi) is 4.94. The van der Waals surface area contributed by atoms with E-state index in [9.17, 15) is 4.79 Å². The summed E-state index contributed by atoms with van der Waals surface area (Å²) >= 11 is 5.80. The van der Waals surface area contributed by atoms with Crippen molar-refractivity contribution in [2.45, 2.75) is 19.8 Å². The second kappa shape index (κ2) is 6.90. The van der Waals surface area contributed by atoms with Gasteiger partial charge >= 0.3 is 0 Å². The molecule has 6 nitrogen and oxygen atoms in total. The van der Waals surface area contributed by atoms with Crippen LogP contribution in [0.1, 0.15) is 19.0 Å². The van der Waals surface area contributed by atoms with Gasteiger partial charge in [0, 0.05) is 22.5 Å². The van der Waals surface area contributed by atoms with Gasteiger partial charge in [0.25, 0.3) is 5.56 Å². The third-order valence-corrected chi connectivity index (χ3v) is 2.88. The van der Waals surface area contributed by atoms with E-state index in [1.807, 2.05) is 6.92 Å². The summed E-state index contributed by atoms with van der Waals surface area (Å²) in [6.07, 6.45) is 1.62. The molecule has 0 atom stereocenters. The van der Waals surface area contributed by atoms with Gasteiger partial charge in [0.2, 0.25) is 11.9 Å². The monoisotopic (exact) mass is 305 g/mol. The number of guanidine groups is 1. The Bertz CT molecular complexity index is 693. The van der Waals surface area contributed by atoms with E-state index in [1.54, 1.807) is 24.3 Å². The highest BCUT2D eigenvalue weighted by Gasteiger charge is 2.01. The van der Waals surface area contributed by atoms with Crippen molar-refractivity contribution in [3.05, 3.63) is 51.4 Å². The Morgan fingerprint density at radius 3 is 2.81 bits per heavy atom. The number of H-pyrrole nitrogens is 1. The molecule has 2 aromatic rings. The summed E-state index contributed by atoms with van der Waals surface area (Å²) in [5.41, 5.74) is 6.99. The van der Waals surface area contributed by atoms with Crippen molar-refractivity contribution in [3.63, 3.8) is 0 Å². The number of hydrogen-bond donors (Lipinski definition) is 3. The molecule has 21 heavy (non-hydrogen) atoms. The van der Waals surface area contributed by atoms with Crippen molar-refractivity contribution in [1.29, 1.82) is 0 Å². The van der Waals surface area contributed by atoms with Gasteiger partial charge in [-0.3, -0.25) is 9.78 Å². The number of nitrogens with two attached hydrogens (primary N) is 1. The van der Waals surface area contributed by atoms with E-state index >= 15 is 0 Å². The number of anilines is 1. The predicted octanol–water partition coefficient (Wildman–Crippen LogP) is 2.43. The quantitative estimate of drug-likeness (QED) is 0.597. The van der Waals surface area contributed by atoms with Crippen molar-refractivity contribution in [3.8, 4) is 0 Å². The van der Waals surface area contributed by atoms with Crippen LogP contribution in [-0.2, 0) is 6.42 Å². The first-order valence-corrected chi connectivity index (χ1v) is 6.91. The van der Waals surface area contributed by atoms with Crippen molar-refractivity contribution in [2.75, 3.05) is 5.32 Å². The number of rotatable bonds is 4. The average molecular weight is 306 g/mol. The van der Waals surface area contributed by atoms with Crippen molar-refractivity contribution in [2.24, 2.45) is 10.7 Å². The Balaban J connectivity index is 2.18. The van der Waals surface area contributed by atoms with Gasteiger partial charge in [-0.25, -0.2) is 4.98 Å². The molecule has 0 fully saturated rings. The number of benzene rings is 1. The third-order valence-electron chi connectivity index (χ3n) is 2.63. The molecular formula is C14H16ClN5O. The van der Waals surface area contributed by atoms with Crippen LogP contribution in [0, 0.1) is 0 Å². The lowest BCUT2D eigenvalue weighted by Gasteiger charge is -2.05. The number of nitrogens with one attached hydrogen (secondary N) is 2. The Morgan fingerprint density at radius 1 is 1.43 bits per heavy atom. The van der Waals surface area contributed by atoms with Crippen LogP contribution in [-0.4, -0.2) is 15.9 Å². The molecule has 2 rings (SSSR count). The lowest BCUT2D eigenvalue weighted by Crippen LogP contribution is -2.22. The normalized spacial score (nSPS) is 11.4. The summed E-state index contributed by atoms with van der Waals surface area (Å²) in [6.45, 7) is 2.02. The standard InChI is InChI=1S/C14H16ClN5O/c1-2-3-11-8-12(21)19-14(18-11)20-13(16)17-10-6-4-9(15)5-7-10/h4-8H,2-3H2,1H3,(H4,16,17,18,19,20,21). The van der Waals surface area contributed by atoms with Gasteiger partial charge in [0.05, 0.1) is 0 Å². The van der Waals surface area contributed by atoms with E-state index in [0.29, 0.717) is 10.7 Å². The summed E-state index contributed by atoms with van der Waals surface area (Å²) < 4.78 is 0. The number of aryl methyl sites for hydroxylation is 1. The first-order chi connectivity index (χ1) is 10.1. The van der Waals surface area contributed by atoms with E-state index in [0.717, 1.165) is 18.5 Å². The first-order valence-electron chi connectivity index (χ1n) is 6.54. The predicted molar refractivity (Wildman–Crippen MR) is 85.2 cm³/mol. The minimum atomic E-state index is -0.244. The number of aromatic nitrogens is 2. The molecule has 1 aromatic heterocycles. The molecule has 7 heteroatoms. The second-order valence-corrected chi connectivity index (χ2v) is 4.88. The summed E-state index contributed by atoms with van der Waals surface area (Å²) in [6, 6.07) is 8.48. The molecule has 0 saturated carbocycles. The summed E-state index contributed by atoms with van der Waals surface area (Å²) in [7, 11) is 0. The zero-order chi connectivity index (χ0) is 15.2. The Morgan fingerprint density at radius 2 is 2.14 bits per heavy atom. The zero-order valence-corrected chi connectivity index (χ0v) is 12.3. The minimum absolute atomic E-state index is 0.133. The molecule has 0 radical (unpaired) electrons. The molecule has 0 aliphatic heterocycles. The van der Waals surface area contributed by atoms with Gasteiger partial charge in [-0.2, -0.15) is 4.99 Å². The van der Waals surface area contributed by atoms with Crippen LogP contribution in [0.4, 0.5) is 11.6 Å². The van der Waals surface area contributed by atoms with Crippen LogP contribution in [0.15, 0.2) is 40.1 Å². The molecule has 1 heterocycles. The molecule has 0 aliphatic rings. The van der Waals surface area contributed by atoms with Crippen molar-refractivity contribution >= 4 is 29.2 Å². The van der Waals surface area contributed by atoms with E-state index in [4.69, 9.17) is 17.3 Å². The molecule has 0 unspecified atom stereocenters. The maximum absolute atomic E-state index is 11.5. The third kappa shape index (κ3) is 4.61. The number of aliphatic imine (C=N–C) groups is 1. The van der Waals surface area contributed by atoms with E-state index in [1.165, 1.54) is 6.07 Å². The fourth-order valence-electron chi connectivity index (χ4n) is 1.75. The van der Waals surface area contributed by atoms with Gasteiger partial charge in [-0.15, -0.1) is 0 Å². The summed E-state index contributed by atoms with van der Waals surface area (Å²) in [5, 5.41) is 3.53. The van der Waals surface area contributed by atoms with Gasteiger partial charge in [0.15, 0.2) is 0 Å². The molecule has 0 aliphatic carbocycles. The van der Waals surface area contributed by atoms with E-state index in [2.05, 4.69) is 20.3 Å². The highest BCUT2D eigenvalue weighted by atomic mass is 35.5. The molecule has 0 spiro atoms. The minimum Gasteiger partial charge on any atom is -0.369 e. The number of hydrogen-bond acceptors (Lipinski definition) is 3. The topological polar surface area (TPSA) is 96.2 Å². The fourth-order valence-corrected chi connectivity index (χ4v) is 1.88. The van der Waals surface area contributed by atoms with E-state index in [-0.39, 0.29) is 17.5 Å². The van der Waals surface area contributed by atoms with Gasteiger partial charge in [0.1, 0.15) is 0 Å². The van der Waals surface area contributed by atoms with Gasteiger partial charge < -0.3 is 11.1 Å². The van der Waals surface area contributed by atoms with E-state index < -0.39 is 0 Å². The molecule has 1 aromatic carbocycles. The van der Waals surface area contributed by atoms with Gasteiger partial charge in [-0.1, -0.05) is 24.9 Å². The SMILES string of the molecule is CCCc1cc(=O)[nH]c(N=C(N)Nc2ccc(Cl)cc2)n1. The number of nitrogens with zero attached hydrogens (tertiary/aromatic N) is 2. The zero-order valence-electron chi connectivity index (χ0n) is 11.6. The first kappa shape index (κ1) is 15.1. The molecule has 4 N–H and O–H groups in total. The van der Waals surface area contributed by atoms with Crippen LogP contribution in [0.2, 0.25) is 5.02 Å². The molecule has 110 valence electrons. The molecule has 0 saturated heterocycles. The van der Waals surface area contributed by atoms with Crippen LogP contribution in [0.25, 0.3) is 0 Å². The van der Waals surface area contributed by atoms with Crippen LogP contribution in [0.5, 0.6) is 0 Å². The average Bonchev–Trinajstić information content (AvgIpc) is 2.41. The highest BCUT2D eigenvalue weighted by molar-refractivity contribution is 6.30. The largest absolute Gasteiger partial charge is 0.369 e. The number of aromatic amines is 1. The fraction of sp³-hybridized carbons (Fsp3) is 0.214. The highest BCUT2D eigenvalue weighted by Crippen LogP contribution is 2.13.